The lowest BCUT2D eigenvalue weighted by molar-refractivity contribution is -0.438. The van der Waals surface area contributed by atoms with Crippen molar-refractivity contribution in [1.29, 1.82) is 0 Å². The molecule has 4 aromatic carbocycles. The van der Waals surface area contributed by atoms with Crippen molar-refractivity contribution >= 4 is 44.7 Å². The number of nitrogens with zero attached hydrogens (tertiary/aromatic N) is 3. The van der Waals surface area contributed by atoms with Crippen LogP contribution < -0.4 is 4.90 Å². The molecule has 2 heterocycles. The summed E-state index contributed by atoms with van der Waals surface area (Å²) in [6.45, 7) is 21.7. The number of likely N-dealkylation sites (N-methyl/N-ethyl adjacent to an activating group) is 1. The molecule has 0 aromatic heterocycles. The van der Waals surface area contributed by atoms with Crippen LogP contribution in [0.15, 0.2) is 120 Å². The summed E-state index contributed by atoms with van der Waals surface area (Å²) in [6, 6.07) is 26.7. The number of fused-ring (bicyclic) bond motifs is 6. The molecule has 7 rings (SSSR count). The summed E-state index contributed by atoms with van der Waals surface area (Å²) < 4.78 is 8.53. The molecular formula is C51H62N3O2+. The Bertz CT molecular complexity index is 2340. The average molecular weight is 749 g/mol. The Balaban J connectivity index is 1.34. The largest absolute Gasteiger partial charge is 0.443 e. The number of allylic oxidation sites excluding steroid dienone is 7. The van der Waals surface area contributed by atoms with Crippen LogP contribution in [0, 0.1) is 0 Å². The Kier molecular flexibility index (Phi) is 10.7. The highest BCUT2D eigenvalue weighted by Crippen LogP contribution is 2.51. The van der Waals surface area contributed by atoms with E-state index in [1.807, 2.05) is 27.8 Å². The van der Waals surface area contributed by atoms with Gasteiger partial charge in [-0.1, -0.05) is 107 Å². The van der Waals surface area contributed by atoms with Crippen molar-refractivity contribution in [3.05, 3.63) is 131 Å². The van der Waals surface area contributed by atoms with Crippen molar-refractivity contribution in [2.45, 2.75) is 117 Å². The Hall–Kier alpha value is -4.90. The Morgan fingerprint density at radius 3 is 2.11 bits per heavy atom. The highest BCUT2D eigenvalue weighted by molar-refractivity contribution is 6.08. The SMILES string of the molecule is CCCCN1/C(=C/C=C2\CCC(/C=C/C3=[N+](CCCC)c4ccc5ccccc5c4C3(C)C)=C2N(C)C(=O)OC(C)(C)C)C(C)(C)c2c1ccc1ccccc21. The van der Waals surface area contributed by atoms with Gasteiger partial charge in [-0.15, -0.1) is 0 Å². The number of unbranched alkanes of at least 4 members (excludes halogenated alkanes) is 2. The summed E-state index contributed by atoms with van der Waals surface area (Å²) in [5.74, 6) is 0. The standard InChI is InChI=1S/C51H62N3O2/c1-11-13-33-53-41-29-25-35-19-15-17-21-39(35)45(41)50(6,7)43(53)31-27-37-23-24-38(47(37)52(10)48(55)56-49(3,4)5)28-32-44-51(8,9)46-40-22-18-16-20-36(40)26-30-42(46)54(44)34-14-12-2/h15-22,25-32H,11-14,23-24,33-34H2,1-10H3/q+1. The number of rotatable bonds is 10. The molecule has 5 nitrogen and oxygen atoms in total. The fraction of sp³-hybridized carbons (Fsp3) is 0.412. The van der Waals surface area contributed by atoms with Gasteiger partial charge in [0.05, 0.1) is 11.1 Å². The molecule has 1 amide bonds. The van der Waals surface area contributed by atoms with Gasteiger partial charge in [0.1, 0.15) is 12.1 Å². The Morgan fingerprint density at radius 1 is 0.804 bits per heavy atom. The van der Waals surface area contributed by atoms with Crippen molar-refractivity contribution in [2.75, 3.05) is 25.0 Å². The van der Waals surface area contributed by atoms with Gasteiger partial charge in [0.25, 0.3) is 0 Å². The molecule has 2 aliphatic heterocycles. The highest BCUT2D eigenvalue weighted by Gasteiger charge is 2.46. The lowest BCUT2D eigenvalue weighted by Gasteiger charge is -2.28. The molecule has 0 unspecified atom stereocenters. The zero-order chi connectivity index (χ0) is 40.0. The molecule has 4 aromatic rings. The van der Waals surface area contributed by atoms with E-state index in [0.29, 0.717) is 0 Å². The molecule has 3 aliphatic rings. The Labute approximate surface area is 335 Å². The Morgan fingerprint density at radius 2 is 1.45 bits per heavy atom. The maximum absolute atomic E-state index is 13.8. The van der Waals surface area contributed by atoms with E-state index >= 15 is 0 Å². The summed E-state index contributed by atoms with van der Waals surface area (Å²) >= 11 is 0. The smallest absolute Gasteiger partial charge is 0.414 e. The zero-order valence-corrected chi connectivity index (χ0v) is 35.6. The third kappa shape index (κ3) is 7.03. The first-order valence-electron chi connectivity index (χ1n) is 21.0. The first-order chi connectivity index (χ1) is 26.7. The van der Waals surface area contributed by atoms with Gasteiger partial charge in [0, 0.05) is 54.5 Å². The third-order valence-electron chi connectivity index (χ3n) is 12.1. The van der Waals surface area contributed by atoms with Crippen molar-refractivity contribution in [2.24, 2.45) is 0 Å². The lowest BCUT2D eigenvalue weighted by Crippen LogP contribution is -2.34. The number of carbonyl (C=O) groups is 1. The molecule has 292 valence electrons. The molecule has 56 heavy (non-hydrogen) atoms. The van der Waals surface area contributed by atoms with Crippen molar-refractivity contribution in [1.82, 2.24) is 4.90 Å². The van der Waals surface area contributed by atoms with Gasteiger partial charge in [-0.2, -0.15) is 4.58 Å². The average Bonchev–Trinajstić information content (AvgIpc) is 3.74. The number of anilines is 1. The normalized spacial score (nSPS) is 19.0. The van der Waals surface area contributed by atoms with Crippen LogP contribution >= 0.6 is 0 Å². The molecule has 5 heteroatoms. The van der Waals surface area contributed by atoms with Gasteiger partial charge >= 0.3 is 6.09 Å². The second-order valence-electron chi connectivity index (χ2n) is 18.0. The van der Waals surface area contributed by atoms with E-state index in [1.165, 1.54) is 55.5 Å². The van der Waals surface area contributed by atoms with Gasteiger partial charge in [-0.25, -0.2) is 4.79 Å². The topological polar surface area (TPSA) is 35.8 Å². The van der Waals surface area contributed by atoms with Gasteiger partial charge in [0.15, 0.2) is 5.71 Å². The van der Waals surface area contributed by atoms with Crippen LogP contribution in [0.3, 0.4) is 0 Å². The number of amides is 1. The van der Waals surface area contributed by atoms with E-state index in [4.69, 9.17) is 4.74 Å². The predicted octanol–water partition coefficient (Wildman–Crippen LogP) is 13.0. The van der Waals surface area contributed by atoms with E-state index in [9.17, 15) is 4.79 Å². The maximum atomic E-state index is 13.8. The first-order valence-corrected chi connectivity index (χ1v) is 21.0. The second-order valence-corrected chi connectivity index (χ2v) is 18.0. The number of ether oxygens (including phenoxy) is 1. The van der Waals surface area contributed by atoms with Gasteiger partial charge < -0.3 is 9.64 Å². The van der Waals surface area contributed by atoms with Crippen LogP contribution in [-0.2, 0) is 15.6 Å². The summed E-state index contributed by atoms with van der Waals surface area (Å²) in [5.41, 5.74) is 10.3. The van der Waals surface area contributed by atoms with Crippen LogP contribution in [0.5, 0.6) is 0 Å². The van der Waals surface area contributed by atoms with Crippen molar-refractivity contribution in [3.63, 3.8) is 0 Å². The maximum Gasteiger partial charge on any atom is 0.414 e. The monoisotopic (exact) mass is 748 g/mol. The van der Waals surface area contributed by atoms with Crippen molar-refractivity contribution < 1.29 is 14.1 Å². The summed E-state index contributed by atoms with van der Waals surface area (Å²) in [5, 5.41) is 5.19. The van der Waals surface area contributed by atoms with Gasteiger partial charge in [0.2, 0.25) is 5.69 Å². The van der Waals surface area contributed by atoms with E-state index in [-0.39, 0.29) is 16.9 Å². The van der Waals surface area contributed by atoms with Gasteiger partial charge in [-0.3, -0.25) is 4.90 Å². The minimum absolute atomic E-state index is 0.199. The molecule has 0 fully saturated rings. The number of hydrogen-bond donors (Lipinski definition) is 0. The van der Waals surface area contributed by atoms with E-state index in [1.54, 1.807) is 4.90 Å². The molecule has 0 N–H and O–H groups in total. The molecule has 0 radical (unpaired) electrons. The lowest BCUT2D eigenvalue weighted by atomic mass is 9.79. The van der Waals surface area contributed by atoms with Crippen LogP contribution in [0.1, 0.15) is 112 Å². The molecule has 1 aliphatic carbocycles. The van der Waals surface area contributed by atoms with Crippen LogP contribution in [0.25, 0.3) is 21.5 Å². The molecular weight excluding hydrogens is 687 g/mol. The second kappa shape index (κ2) is 15.2. The zero-order valence-electron chi connectivity index (χ0n) is 35.6. The van der Waals surface area contributed by atoms with E-state index in [2.05, 4.69) is 148 Å². The van der Waals surface area contributed by atoms with E-state index in [0.717, 1.165) is 68.5 Å². The molecule has 0 atom stereocenters. The highest BCUT2D eigenvalue weighted by atomic mass is 16.6. The van der Waals surface area contributed by atoms with Crippen LogP contribution in [0.4, 0.5) is 16.2 Å². The number of hydrogen-bond acceptors (Lipinski definition) is 3. The molecule has 0 spiro atoms. The third-order valence-corrected chi connectivity index (χ3v) is 12.1. The molecule has 0 bridgehead atoms. The quantitative estimate of drug-likeness (QED) is 0.152. The summed E-state index contributed by atoms with van der Waals surface area (Å²) in [7, 11) is 1.88. The number of carbonyl (C=O) groups excluding carboxylic acids is 1. The van der Waals surface area contributed by atoms with Crippen molar-refractivity contribution in [3.8, 4) is 0 Å². The minimum Gasteiger partial charge on any atom is -0.443 e. The summed E-state index contributed by atoms with van der Waals surface area (Å²) in [6.07, 6.45) is 15.1. The predicted molar refractivity (Wildman–Crippen MR) is 236 cm³/mol. The van der Waals surface area contributed by atoms with Crippen LogP contribution in [0.2, 0.25) is 0 Å². The first kappa shape index (κ1) is 39.3. The van der Waals surface area contributed by atoms with E-state index < -0.39 is 5.60 Å². The minimum atomic E-state index is -0.605. The van der Waals surface area contributed by atoms with Gasteiger partial charge in [-0.05, 0) is 110 Å². The number of benzene rings is 4. The fourth-order valence-corrected chi connectivity index (χ4v) is 9.43. The van der Waals surface area contributed by atoms with Crippen LogP contribution in [-0.4, -0.2) is 47.0 Å². The summed E-state index contributed by atoms with van der Waals surface area (Å²) in [4.78, 5) is 18.1. The molecule has 0 saturated heterocycles. The fourth-order valence-electron chi connectivity index (χ4n) is 9.43. The molecule has 0 saturated carbocycles.